The van der Waals surface area contributed by atoms with Crippen LogP contribution in [0.25, 0.3) is 0 Å². The number of nitro groups is 2. The fraction of sp³-hybridized carbons (Fsp3) is 0.278. The minimum Gasteiger partial charge on any atom is -0.545 e. The number of anilines is 2. The molecule has 172 valence electrons. The molecule has 0 spiro atoms. The Hall–Kier alpha value is -3.94. The SMILES string of the molecule is O=C([O-])c1cc([N+](=O)[O-])c(N2CCN(c3cccc(C(F)(F)F)c3)CC2)c([N+](=O)[O-])c1.[NH4+]. The number of rotatable bonds is 5. The topological polar surface area (TPSA) is 169 Å². The van der Waals surface area contributed by atoms with E-state index >= 15 is 0 Å². The van der Waals surface area contributed by atoms with Crippen molar-refractivity contribution in [1.82, 2.24) is 6.15 Å². The minimum atomic E-state index is -4.51. The van der Waals surface area contributed by atoms with Crippen molar-refractivity contribution in [3.8, 4) is 0 Å². The third kappa shape index (κ3) is 4.85. The Morgan fingerprint density at radius 1 is 0.906 bits per heavy atom. The molecule has 1 aliphatic rings. The highest BCUT2D eigenvalue weighted by molar-refractivity contribution is 5.91. The molecule has 4 N–H and O–H groups in total. The third-order valence-corrected chi connectivity index (χ3v) is 4.83. The van der Waals surface area contributed by atoms with Crippen LogP contribution in [0.2, 0.25) is 0 Å². The Labute approximate surface area is 178 Å². The second-order valence-corrected chi connectivity index (χ2v) is 6.69. The smallest absolute Gasteiger partial charge is 0.416 e. The first-order valence-corrected chi connectivity index (χ1v) is 8.84. The van der Waals surface area contributed by atoms with Gasteiger partial charge in [0.1, 0.15) is 0 Å². The quantitative estimate of drug-likeness (QED) is 0.527. The van der Waals surface area contributed by atoms with E-state index in [9.17, 15) is 43.3 Å². The molecule has 32 heavy (non-hydrogen) atoms. The summed E-state index contributed by atoms with van der Waals surface area (Å²) in [5, 5.41) is 34.0. The first kappa shape index (κ1) is 24.3. The van der Waals surface area contributed by atoms with Crippen LogP contribution in [0.5, 0.6) is 0 Å². The number of carboxylic acids is 1. The van der Waals surface area contributed by atoms with Gasteiger partial charge in [0, 0.05) is 49.6 Å². The molecule has 0 amide bonds. The molecule has 0 aromatic heterocycles. The van der Waals surface area contributed by atoms with E-state index in [1.54, 1.807) is 4.90 Å². The van der Waals surface area contributed by atoms with Crippen molar-refractivity contribution >= 4 is 28.7 Å². The Balaban J connectivity index is 0.00000363. The van der Waals surface area contributed by atoms with Crippen molar-refractivity contribution < 1.29 is 32.9 Å². The third-order valence-electron chi connectivity index (χ3n) is 4.83. The maximum atomic E-state index is 12.9. The van der Waals surface area contributed by atoms with Crippen molar-refractivity contribution in [3.05, 3.63) is 67.8 Å². The molecule has 11 nitrogen and oxygen atoms in total. The van der Waals surface area contributed by atoms with Gasteiger partial charge in [-0.15, -0.1) is 0 Å². The number of hydrogen-bond acceptors (Lipinski definition) is 8. The number of carbonyl (C=O) groups excluding carboxylic acids is 1. The zero-order valence-corrected chi connectivity index (χ0v) is 16.7. The number of alkyl halides is 3. The van der Waals surface area contributed by atoms with Gasteiger partial charge in [-0.3, -0.25) is 20.2 Å². The fourth-order valence-corrected chi connectivity index (χ4v) is 3.39. The minimum absolute atomic E-state index is 0. The van der Waals surface area contributed by atoms with Crippen LogP contribution in [0.3, 0.4) is 0 Å². The number of carboxylic acid groups (broad SMARTS) is 1. The highest BCUT2D eigenvalue weighted by Gasteiger charge is 2.34. The molecule has 1 saturated heterocycles. The van der Waals surface area contributed by atoms with Crippen molar-refractivity contribution in [1.29, 1.82) is 0 Å². The van der Waals surface area contributed by atoms with Gasteiger partial charge in [0.15, 0.2) is 5.69 Å². The highest BCUT2D eigenvalue weighted by atomic mass is 19.4. The Bertz CT molecular complexity index is 1020. The maximum absolute atomic E-state index is 12.9. The standard InChI is InChI=1S/C18H15F3N4O6.H3N/c19-18(20,21)12-2-1-3-13(10-12)22-4-6-23(7-5-22)16-14(24(28)29)8-11(17(26)27)9-15(16)25(30)31;/h1-3,8-10H,4-7H2,(H,26,27);1H3. The van der Waals surface area contributed by atoms with Gasteiger partial charge in [-0.25, -0.2) is 0 Å². The molecule has 0 atom stereocenters. The number of carbonyl (C=O) groups is 1. The van der Waals surface area contributed by atoms with Crippen LogP contribution < -0.4 is 21.1 Å². The largest absolute Gasteiger partial charge is 0.545 e. The molecule has 2 aromatic rings. The zero-order chi connectivity index (χ0) is 22.9. The lowest BCUT2D eigenvalue weighted by atomic mass is 10.1. The summed E-state index contributed by atoms with van der Waals surface area (Å²) in [4.78, 5) is 35.1. The van der Waals surface area contributed by atoms with E-state index in [0.29, 0.717) is 17.8 Å². The molecule has 0 unspecified atom stereocenters. The summed E-state index contributed by atoms with van der Waals surface area (Å²) in [6.07, 6.45) is -4.51. The second kappa shape index (κ2) is 9.05. The average molecular weight is 457 g/mol. The molecule has 1 heterocycles. The first-order chi connectivity index (χ1) is 14.5. The number of halogens is 3. The van der Waals surface area contributed by atoms with E-state index in [1.165, 1.54) is 17.0 Å². The van der Waals surface area contributed by atoms with Crippen LogP contribution >= 0.6 is 0 Å². The second-order valence-electron chi connectivity index (χ2n) is 6.69. The predicted molar refractivity (Wildman–Crippen MR) is 106 cm³/mol. The van der Waals surface area contributed by atoms with Gasteiger partial charge in [0.25, 0.3) is 11.4 Å². The van der Waals surface area contributed by atoms with Crippen LogP contribution in [-0.2, 0) is 6.18 Å². The summed E-state index contributed by atoms with van der Waals surface area (Å²) in [5.41, 5.74) is -3.11. The molecule has 0 radical (unpaired) electrons. The number of benzene rings is 2. The van der Waals surface area contributed by atoms with E-state index in [-0.39, 0.29) is 38.0 Å². The van der Waals surface area contributed by atoms with Crippen LogP contribution in [-0.4, -0.2) is 42.0 Å². The molecule has 2 aromatic carbocycles. The van der Waals surface area contributed by atoms with Gasteiger partial charge in [-0.2, -0.15) is 13.2 Å². The average Bonchev–Trinajstić information content (AvgIpc) is 2.72. The summed E-state index contributed by atoms with van der Waals surface area (Å²) < 4.78 is 38.8. The molecule has 0 bridgehead atoms. The molecule has 3 rings (SSSR count). The van der Waals surface area contributed by atoms with Crippen LogP contribution in [0.15, 0.2) is 36.4 Å². The van der Waals surface area contributed by atoms with Crippen molar-refractivity contribution in [3.63, 3.8) is 0 Å². The van der Waals surface area contributed by atoms with Crippen LogP contribution in [0.1, 0.15) is 15.9 Å². The van der Waals surface area contributed by atoms with Gasteiger partial charge < -0.3 is 25.9 Å². The number of nitrogens with zero attached hydrogens (tertiary/aromatic N) is 4. The van der Waals surface area contributed by atoms with Crippen LogP contribution in [0, 0.1) is 20.2 Å². The number of aromatic carboxylic acids is 1. The highest BCUT2D eigenvalue weighted by Crippen LogP contribution is 2.39. The van der Waals surface area contributed by atoms with Crippen molar-refractivity contribution in [2.24, 2.45) is 0 Å². The zero-order valence-electron chi connectivity index (χ0n) is 16.7. The summed E-state index contributed by atoms with van der Waals surface area (Å²) in [7, 11) is 0. The molecule has 1 aliphatic heterocycles. The summed E-state index contributed by atoms with van der Waals surface area (Å²) in [5.74, 6) is -1.80. The van der Waals surface area contributed by atoms with Gasteiger partial charge in [0.2, 0.25) is 0 Å². The number of nitro benzene ring substituents is 2. The van der Waals surface area contributed by atoms with Gasteiger partial charge >= 0.3 is 6.18 Å². The number of hydrogen-bond donors (Lipinski definition) is 1. The van der Waals surface area contributed by atoms with E-state index in [0.717, 1.165) is 12.1 Å². The van der Waals surface area contributed by atoms with E-state index in [2.05, 4.69) is 0 Å². The van der Waals surface area contributed by atoms with Crippen molar-refractivity contribution in [2.45, 2.75) is 6.18 Å². The number of quaternary nitrogens is 1. The Kier molecular flexibility index (Phi) is 6.88. The molecule has 1 fully saturated rings. The van der Waals surface area contributed by atoms with Gasteiger partial charge in [0.05, 0.1) is 21.4 Å². The van der Waals surface area contributed by atoms with Gasteiger partial charge in [-0.05, 0) is 18.2 Å². The summed E-state index contributed by atoms with van der Waals surface area (Å²) in [6.45, 7) is 0.334. The Morgan fingerprint density at radius 2 is 1.41 bits per heavy atom. The van der Waals surface area contributed by atoms with Gasteiger partial charge in [-0.1, -0.05) is 6.07 Å². The summed E-state index contributed by atoms with van der Waals surface area (Å²) >= 11 is 0. The van der Waals surface area contributed by atoms with E-state index < -0.39 is 44.5 Å². The maximum Gasteiger partial charge on any atom is 0.416 e. The van der Waals surface area contributed by atoms with Crippen molar-refractivity contribution in [2.75, 3.05) is 36.0 Å². The summed E-state index contributed by atoms with van der Waals surface area (Å²) in [6, 6.07) is 6.05. The predicted octanol–water partition coefficient (Wildman–Crippen LogP) is 2.59. The monoisotopic (exact) mass is 457 g/mol. The van der Waals surface area contributed by atoms with E-state index in [1.807, 2.05) is 0 Å². The van der Waals surface area contributed by atoms with Crippen LogP contribution in [0.4, 0.5) is 35.9 Å². The normalized spacial score (nSPS) is 14.0. The lowest BCUT2D eigenvalue weighted by molar-refractivity contribution is -0.392. The molecular formula is C18H18F3N5O6. The fourth-order valence-electron chi connectivity index (χ4n) is 3.39. The molecule has 0 saturated carbocycles. The lowest BCUT2D eigenvalue weighted by Gasteiger charge is -2.37. The number of piperazine rings is 1. The lowest BCUT2D eigenvalue weighted by Crippen LogP contribution is -2.47. The molecule has 14 heteroatoms. The Morgan fingerprint density at radius 3 is 1.84 bits per heavy atom. The molecule has 0 aliphatic carbocycles. The first-order valence-electron chi connectivity index (χ1n) is 8.84. The van der Waals surface area contributed by atoms with E-state index in [4.69, 9.17) is 0 Å². The molecular weight excluding hydrogens is 439 g/mol.